The molecule has 6 heteroatoms. The van der Waals surface area contributed by atoms with Crippen molar-refractivity contribution in [3.05, 3.63) is 21.4 Å². The molecule has 0 unspecified atom stereocenters. The number of esters is 1. The summed E-state index contributed by atoms with van der Waals surface area (Å²) in [6, 6.07) is 3.89. The lowest BCUT2D eigenvalue weighted by molar-refractivity contribution is 0.00886. The van der Waals surface area contributed by atoms with E-state index >= 15 is 0 Å². The first-order chi connectivity index (χ1) is 9.15. The van der Waals surface area contributed by atoms with Gasteiger partial charge in [0.2, 0.25) is 0 Å². The topological polar surface area (TPSA) is 62.6 Å². The molecule has 102 valence electrons. The van der Waals surface area contributed by atoms with E-state index in [2.05, 4.69) is 11.0 Å². The SMILES string of the molecule is COC(=O)c1cc(CN2CCOC[C@@H]2C#N)c(C)s1. The van der Waals surface area contributed by atoms with Gasteiger partial charge in [0.1, 0.15) is 10.9 Å². The molecule has 0 aliphatic carbocycles. The largest absolute Gasteiger partial charge is 0.465 e. The van der Waals surface area contributed by atoms with E-state index in [1.165, 1.54) is 18.4 Å². The number of aryl methyl sites for hydroxylation is 1. The summed E-state index contributed by atoms with van der Waals surface area (Å²) in [5, 5.41) is 9.10. The average molecular weight is 280 g/mol. The summed E-state index contributed by atoms with van der Waals surface area (Å²) in [5.74, 6) is -0.307. The van der Waals surface area contributed by atoms with Gasteiger partial charge in [-0.25, -0.2) is 4.79 Å². The van der Waals surface area contributed by atoms with Gasteiger partial charge in [0.25, 0.3) is 0 Å². The Morgan fingerprint density at radius 3 is 3.21 bits per heavy atom. The van der Waals surface area contributed by atoms with Gasteiger partial charge in [-0.1, -0.05) is 0 Å². The molecule has 2 heterocycles. The summed E-state index contributed by atoms with van der Waals surface area (Å²) < 4.78 is 10.0. The van der Waals surface area contributed by atoms with Crippen molar-refractivity contribution in [3.63, 3.8) is 0 Å². The number of morpholine rings is 1. The monoisotopic (exact) mass is 280 g/mol. The predicted octanol–water partition coefficient (Wildman–Crippen LogP) is 1.57. The highest BCUT2D eigenvalue weighted by Gasteiger charge is 2.24. The van der Waals surface area contributed by atoms with Gasteiger partial charge in [-0.3, -0.25) is 4.90 Å². The van der Waals surface area contributed by atoms with E-state index < -0.39 is 0 Å². The minimum Gasteiger partial charge on any atom is -0.465 e. The second-order valence-electron chi connectivity index (χ2n) is 4.37. The molecule has 0 aromatic carbocycles. The van der Waals surface area contributed by atoms with Crippen LogP contribution in [0.4, 0.5) is 0 Å². The van der Waals surface area contributed by atoms with E-state index in [1.807, 2.05) is 13.0 Å². The Hall–Kier alpha value is -1.42. The Balaban J connectivity index is 2.12. The normalized spacial score (nSPS) is 19.9. The fraction of sp³-hybridized carbons (Fsp3) is 0.538. The van der Waals surface area contributed by atoms with Crippen molar-refractivity contribution in [2.75, 3.05) is 26.9 Å². The van der Waals surface area contributed by atoms with E-state index in [-0.39, 0.29) is 12.0 Å². The number of carbonyl (C=O) groups is 1. The lowest BCUT2D eigenvalue weighted by atomic mass is 10.2. The molecule has 1 aliphatic heterocycles. The van der Waals surface area contributed by atoms with Gasteiger partial charge in [0, 0.05) is 18.0 Å². The minimum atomic E-state index is -0.307. The van der Waals surface area contributed by atoms with Crippen molar-refractivity contribution in [2.45, 2.75) is 19.5 Å². The fourth-order valence-electron chi connectivity index (χ4n) is 2.04. The number of thiophene rings is 1. The summed E-state index contributed by atoms with van der Waals surface area (Å²) in [5.41, 5.74) is 1.08. The molecule has 0 amide bonds. The molecular formula is C13H16N2O3S. The Morgan fingerprint density at radius 1 is 1.74 bits per heavy atom. The number of nitriles is 1. The maximum absolute atomic E-state index is 11.5. The minimum absolute atomic E-state index is 0.213. The summed E-state index contributed by atoms with van der Waals surface area (Å²) in [6.07, 6.45) is 0. The number of hydrogen-bond acceptors (Lipinski definition) is 6. The quantitative estimate of drug-likeness (QED) is 0.786. The predicted molar refractivity (Wildman–Crippen MR) is 71.0 cm³/mol. The van der Waals surface area contributed by atoms with Crippen LogP contribution in [0.15, 0.2) is 6.07 Å². The summed E-state index contributed by atoms with van der Waals surface area (Å²) in [7, 11) is 1.38. The van der Waals surface area contributed by atoms with Crippen LogP contribution in [-0.4, -0.2) is 43.8 Å². The van der Waals surface area contributed by atoms with Crippen LogP contribution in [0.5, 0.6) is 0 Å². The third-order valence-electron chi connectivity index (χ3n) is 3.17. The molecule has 0 radical (unpaired) electrons. The third-order valence-corrected chi connectivity index (χ3v) is 4.24. The van der Waals surface area contributed by atoms with Gasteiger partial charge in [-0.2, -0.15) is 5.26 Å². The first kappa shape index (κ1) is 14.0. The van der Waals surface area contributed by atoms with Crippen molar-refractivity contribution in [1.82, 2.24) is 4.90 Å². The van der Waals surface area contributed by atoms with E-state index in [4.69, 9.17) is 14.7 Å². The summed E-state index contributed by atoms with van der Waals surface area (Å²) >= 11 is 1.43. The van der Waals surface area contributed by atoms with Crippen LogP contribution >= 0.6 is 11.3 Å². The molecular weight excluding hydrogens is 264 g/mol. The second-order valence-corrected chi connectivity index (χ2v) is 5.63. The molecule has 0 saturated carbocycles. The second kappa shape index (κ2) is 6.15. The maximum Gasteiger partial charge on any atom is 0.348 e. The third kappa shape index (κ3) is 3.13. The molecule has 1 atom stereocenters. The molecule has 1 fully saturated rings. The number of hydrogen-bond donors (Lipinski definition) is 0. The number of carbonyl (C=O) groups excluding carboxylic acids is 1. The highest BCUT2D eigenvalue weighted by atomic mass is 32.1. The highest BCUT2D eigenvalue weighted by molar-refractivity contribution is 7.14. The Labute approximate surface area is 116 Å². The van der Waals surface area contributed by atoms with E-state index in [9.17, 15) is 4.79 Å². The summed E-state index contributed by atoms with van der Waals surface area (Å²) in [6.45, 7) is 4.48. The van der Waals surface area contributed by atoms with Crippen molar-refractivity contribution in [2.24, 2.45) is 0 Å². The summed E-state index contributed by atoms with van der Waals surface area (Å²) in [4.78, 5) is 15.3. The molecule has 1 aromatic rings. The number of rotatable bonds is 3. The molecule has 1 aromatic heterocycles. The molecule has 0 spiro atoms. The number of nitrogens with zero attached hydrogens (tertiary/aromatic N) is 2. The van der Waals surface area contributed by atoms with Gasteiger partial charge in [-0.15, -0.1) is 11.3 Å². The van der Waals surface area contributed by atoms with Crippen LogP contribution in [0.25, 0.3) is 0 Å². The van der Waals surface area contributed by atoms with Crippen LogP contribution in [0, 0.1) is 18.3 Å². The van der Waals surface area contributed by atoms with Crippen LogP contribution in [0.2, 0.25) is 0 Å². The van der Waals surface area contributed by atoms with Crippen molar-refractivity contribution in [3.8, 4) is 6.07 Å². The Kier molecular flexibility index (Phi) is 4.53. The van der Waals surface area contributed by atoms with E-state index in [0.29, 0.717) is 24.6 Å². The van der Waals surface area contributed by atoms with Crippen LogP contribution in [0.1, 0.15) is 20.1 Å². The van der Waals surface area contributed by atoms with Crippen LogP contribution in [-0.2, 0) is 16.0 Å². The van der Waals surface area contributed by atoms with Gasteiger partial charge < -0.3 is 9.47 Å². The van der Waals surface area contributed by atoms with E-state index in [1.54, 1.807) is 0 Å². The molecule has 19 heavy (non-hydrogen) atoms. The molecule has 5 nitrogen and oxygen atoms in total. The van der Waals surface area contributed by atoms with Crippen molar-refractivity contribution < 1.29 is 14.3 Å². The zero-order valence-corrected chi connectivity index (χ0v) is 11.8. The fourth-order valence-corrected chi connectivity index (χ4v) is 3.00. The van der Waals surface area contributed by atoms with Gasteiger partial charge in [0.15, 0.2) is 0 Å². The average Bonchev–Trinajstić information content (AvgIpc) is 2.80. The molecule has 0 N–H and O–H groups in total. The van der Waals surface area contributed by atoms with Gasteiger partial charge in [-0.05, 0) is 18.6 Å². The van der Waals surface area contributed by atoms with Crippen LogP contribution < -0.4 is 0 Å². The van der Waals surface area contributed by atoms with Crippen molar-refractivity contribution >= 4 is 17.3 Å². The molecule has 1 aliphatic rings. The highest BCUT2D eigenvalue weighted by Crippen LogP contribution is 2.24. The maximum atomic E-state index is 11.5. The number of ether oxygens (including phenoxy) is 2. The van der Waals surface area contributed by atoms with Gasteiger partial charge >= 0.3 is 5.97 Å². The number of methoxy groups -OCH3 is 1. The van der Waals surface area contributed by atoms with Gasteiger partial charge in [0.05, 0.1) is 26.4 Å². The smallest absolute Gasteiger partial charge is 0.348 e. The van der Waals surface area contributed by atoms with Crippen molar-refractivity contribution in [1.29, 1.82) is 5.26 Å². The van der Waals surface area contributed by atoms with Crippen LogP contribution in [0.3, 0.4) is 0 Å². The first-order valence-corrected chi connectivity index (χ1v) is 6.86. The van der Waals surface area contributed by atoms with E-state index in [0.717, 1.165) is 17.0 Å². The molecule has 0 bridgehead atoms. The lowest BCUT2D eigenvalue weighted by Crippen LogP contribution is -2.43. The Bertz CT molecular complexity index is 506. The molecule has 2 rings (SSSR count). The standard InChI is InChI=1S/C13H16N2O3S/c1-9-10(5-12(19-9)13(16)17-2)7-15-3-4-18-8-11(15)6-14/h5,11H,3-4,7-8H2,1-2H3/t11-/m0/s1. The zero-order valence-electron chi connectivity index (χ0n) is 11.0. The zero-order chi connectivity index (χ0) is 13.8. The Morgan fingerprint density at radius 2 is 2.53 bits per heavy atom. The lowest BCUT2D eigenvalue weighted by Gasteiger charge is -2.31. The molecule has 1 saturated heterocycles. The first-order valence-electron chi connectivity index (χ1n) is 6.04.